The molecule has 1 aromatic rings. The average Bonchev–Trinajstić information content (AvgIpc) is 3.16. The highest BCUT2D eigenvalue weighted by atomic mass is 16.5. The number of nitrogens with one attached hydrogen (secondary N) is 6. The van der Waals surface area contributed by atoms with E-state index in [9.17, 15) is 28.8 Å². The van der Waals surface area contributed by atoms with Crippen molar-refractivity contribution in [2.24, 2.45) is 34.8 Å². The van der Waals surface area contributed by atoms with Crippen molar-refractivity contribution in [3.8, 4) is 0 Å². The van der Waals surface area contributed by atoms with E-state index in [2.05, 4.69) is 31.9 Å². The molecular weight excluding hydrogens is 744 g/mol. The maximum absolute atomic E-state index is 12.9. The van der Waals surface area contributed by atoms with Crippen LogP contribution in [0.1, 0.15) is 65.4 Å². The summed E-state index contributed by atoms with van der Waals surface area (Å²) in [5.41, 5.74) is 24.1. The number of hydrogen-bond acceptors (Lipinski definition) is 17. The Balaban J connectivity index is 2.55. The SMILES string of the molecule is CC(C)C[C@H](NCN)C(=O)OCC[C@H](N)C(=O)NCN[C@@H](CC(C)C)C(=O)OCC[C@H](N)C(=O)NCN[C@@H](Cc1ccccc1)C(=O)OCC[C@H](N)C(=O)NCO. The summed E-state index contributed by atoms with van der Waals surface area (Å²) in [6, 6.07) is 3.94. The van der Waals surface area contributed by atoms with Gasteiger partial charge in [0.1, 0.15) is 24.9 Å². The van der Waals surface area contributed by atoms with Gasteiger partial charge >= 0.3 is 17.9 Å². The van der Waals surface area contributed by atoms with Gasteiger partial charge in [-0.1, -0.05) is 58.0 Å². The Morgan fingerprint density at radius 3 is 1.39 bits per heavy atom. The lowest BCUT2D eigenvalue weighted by atomic mass is 10.0. The third-order valence-corrected chi connectivity index (χ3v) is 8.42. The van der Waals surface area contributed by atoms with Crippen LogP contribution in [0.5, 0.6) is 0 Å². The number of carbonyl (C=O) groups is 6. The average molecular weight is 811 g/mol. The first-order chi connectivity index (χ1) is 27.1. The van der Waals surface area contributed by atoms with E-state index >= 15 is 0 Å². The first-order valence-corrected chi connectivity index (χ1v) is 19.2. The highest BCUT2D eigenvalue weighted by Gasteiger charge is 2.25. The number of rotatable bonds is 30. The fourth-order valence-electron chi connectivity index (χ4n) is 5.25. The van der Waals surface area contributed by atoms with Crippen LogP contribution in [-0.2, 0) is 49.4 Å². The Labute approximate surface area is 335 Å². The monoisotopic (exact) mass is 810 g/mol. The number of aliphatic hydroxyl groups excluding tert-OH is 1. The van der Waals surface area contributed by atoms with Gasteiger partial charge in [-0.05, 0) is 36.7 Å². The Kier molecular flexibility index (Phi) is 25.8. The normalized spacial score (nSPS) is 14.4. The van der Waals surface area contributed by atoms with Crippen LogP contribution in [0.15, 0.2) is 30.3 Å². The van der Waals surface area contributed by atoms with E-state index in [0.717, 1.165) is 5.56 Å². The maximum Gasteiger partial charge on any atom is 0.323 e. The number of hydrogen-bond donors (Lipinski definition) is 11. The molecule has 0 aliphatic heterocycles. The van der Waals surface area contributed by atoms with Crippen LogP contribution in [0.2, 0.25) is 0 Å². The lowest BCUT2D eigenvalue weighted by Crippen LogP contribution is -2.50. The predicted molar refractivity (Wildman–Crippen MR) is 211 cm³/mol. The molecule has 0 saturated carbocycles. The topological polar surface area (TPSA) is 327 Å². The predicted octanol–water partition coefficient (Wildman–Crippen LogP) is -2.89. The second-order valence-corrected chi connectivity index (χ2v) is 14.2. The Hall–Kier alpha value is -4.28. The van der Waals surface area contributed by atoms with Crippen LogP contribution < -0.4 is 54.8 Å². The van der Waals surface area contributed by atoms with Crippen LogP contribution in [0.4, 0.5) is 0 Å². The summed E-state index contributed by atoms with van der Waals surface area (Å²) < 4.78 is 16.0. The molecule has 0 aromatic heterocycles. The molecule has 6 atom stereocenters. The summed E-state index contributed by atoms with van der Waals surface area (Å²) in [6.07, 6.45) is 1.29. The molecule has 0 aliphatic rings. The fourth-order valence-corrected chi connectivity index (χ4v) is 5.25. The van der Waals surface area contributed by atoms with Gasteiger partial charge in [0.15, 0.2) is 0 Å². The minimum absolute atomic E-state index is 0.00222. The molecule has 0 bridgehead atoms. The molecule has 324 valence electrons. The number of amides is 3. The summed E-state index contributed by atoms with van der Waals surface area (Å²) in [7, 11) is 0. The second-order valence-electron chi connectivity index (χ2n) is 14.2. The fraction of sp³-hybridized carbons (Fsp3) is 0.676. The number of benzene rings is 1. The van der Waals surface area contributed by atoms with Crippen molar-refractivity contribution < 1.29 is 48.1 Å². The van der Waals surface area contributed by atoms with E-state index in [1.54, 1.807) is 0 Å². The van der Waals surface area contributed by atoms with E-state index in [-0.39, 0.29) is 77.3 Å². The Morgan fingerprint density at radius 1 is 0.596 bits per heavy atom. The number of nitrogens with two attached hydrogens (primary N) is 4. The van der Waals surface area contributed by atoms with Gasteiger partial charge in [-0.25, -0.2) is 0 Å². The van der Waals surface area contributed by atoms with E-state index in [1.807, 2.05) is 58.0 Å². The van der Waals surface area contributed by atoms with Crippen LogP contribution in [0.3, 0.4) is 0 Å². The van der Waals surface area contributed by atoms with Crippen molar-refractivity contribution in [3.63, 3.8) is 0 Å². The number of ether oxygens (including phenoxy) is 3. The van der Waals surface area contributed by atoms with Gasteiger partial charge in [0.05, 0.1) is 51.3 Å². The highest BCUT2D eigenvalue weighted by Crippen LogP contribution is 2.09. The molecular formula is C37H66N10O10. The summed E-state index contributed by atoms with van der Waals surface area (Å²) in [5, 5.41) is 25.0. The highest BCUT2D eigenvalue weighted by molar-refractivity contribution is 5.83. The standard InChI is InChI=1S/C37H66N10O10/c1-23(2)16-29(42-19-38)35(52)55-13-10-26(39)32(49)45-20-43-30(17-24(3)4)36(53)56-14-11-27(40)33(50)46-21-44-31(18-25-8-6-5-7-9-25)37(54)57-15-12-28(41)34(51)47-22-48/h5-9,23-24,26-31,42-44,48H,10-22,38-41H2,1-4H3,(H,45,49)(H,46,50)(H,47,51)/t26-,27-,28-,29-,30-,31-/m0/s1. The zero-order chi connectivity index (χ0) is 42.8. The molecule has 57 heavy (non-hydrogen) atoms. The molecule has 1 aromatic carbocycles. The van der Waals surface area contributed by atoms with Crippen LogP contribution in [-0.4, -0.2) is 124 Å². The summed E-state index contributed by atoms with van der Waals surface area (Å²) in [4.78, 5) is 75.2. The van der Waals surface area contributed by atoms with Crippen LogP contribution >= 0.6 is 0 Å². The third kappa shape index (κ3) is 22.3. The molecule has 1 rings (SSSR count). The van der Waals surface area contributed by atoms with Crippen molar-refractivity contribution in [1.29, 1.82) is 0 Å². The zero-order valence-electron chi connectivity index (χ0n) is 33.6. The van der Waals surface area contributed by atoms with E-state index in [0.29, 0.717) is 12.8 Å². The van der Waals surface area contributed by atoms with E-state index in [1.165, 1.54) is 0 Å². The lowest BCUT2D eigenvalue weighted by molar-refractivity contribution is -0.147. The van der Waals surface area contributed by atoms with Crippen molar-refractivity contribution in [1.82, 2.24) is 31.9 Å². The number of aliphatic hydroxyl groups is 1. The Bertz CT molecular complexity index is 1360. The molecule has 0 radical (unpaired) electrons. The molecule has 15 N–H and O–H groups in total. The first kappa shape index (κ1) is 50.7. The number of carbonyl (C=O) groups excluding carboxylic acids is 6. The van der Waals surface area contributed by atoms with Crippen molar-refractivity contribution in [2.75, 3.05) is 46.6 Å². The van der Waals surface area contributed by atoms with Crippen LogP contribution in [0.25, 0.3) is 0 Å². The first-order valence-electron chi connectivity index (χ1n) is 19.2. The Morgan fingerprint density at radius 2 is 0.982 bits per heavy atom. The quantitative estimate of drug-likeness (QED) is 0.0211. The third-order valence-electron chi connectivity index (χ3n) is 8.42. The van der Waals surface area contributed by atoms with E-state index < -0.39 is 78.6 Å². The molecule has 0 saturated heterocycles. The molecule has 0 unspecified atom stereocenters. The molecule has 0 fully saturated rings. The van der Waals surface area contributed by atoms with Gasteiger partial charge < -0.3 is 58.2 Å². The summed E-state index contributed by atoms with van der Waals surface area (Å²) in [6.45, 7) is 6.75. The second kappa shape index (κ2) is 29.0. The van der Waals surface area contributed by atoms with E-state index in [4.69, 9.17) is 42.3 Å². The van der Waals surface area contributed by atoms with Gasteiger partial charge in [-0.3, -0.25) is 44.7 Å². The molecule has 20 heteroatoms. The van der Waals surface area contributed by atoms with Crippen molar-refractivity contribution in [3.05, 3.63) is 35.9 Å². The molecule has 0 heterocycles. The van der Waals surface area contributed by atoms with Crippen molar-refractivity contribution >= 4 is 35.6 Å². The largest absolute Gasteiger partial charge is 0.464 e. The summed E-state index contributed by atoms with van der Waals surface area (Å²) in [5.74, 6) is -3.00. The van der Waals surface area contributed by atoms with Gasteiger partial charge in [0, 0.05) is 25.9 Å². The molecule has 0 spiro atoms. The van der Waals surface area contributed by atoms with Crippen molar-refractivity contribution in [2.45, 2.75) is 102 Å². The van der Waals surface area contributed by atoms with Gasteiger partial charge in [0.25, 0.3) is 0 Å². The molecule has 0 aliphatic carbocycles. The van der Waals surface area contributed by atoms with Gasteiger partial charge in [-0.15, -0.1) is 0 Å². The number of esters is 3. The smallest absolute Gasteiger partial charge is 0.323 e. The van der Waals surface area contributed by atoms with Crippen LogP contribution in [0, 0.1) is 11.8 Å². The molecule has 3 amide bonds. The maximum atomic E-state index is 12.9. The minimum Gasteiger partial charge on any atom is -0.464 e. The van der Waals surface area contributed by atoms with Gasteiger partial charge in [-0.2, -0.15) is 0 Å². The lowest BCUT2D eigenvalue weighted by Gasteiger charge is -2.21. The zero-order valence-corrected chi connectivity index (χ0v) is 33.6. The molecule has 20 nitrogen and oxygen atoms in total. The minimum atomic E-state index is -1.04. The summed E-state index contributed by atoms with van der Waals surface area (Å²) >= 11 is 0. The van der Waals surface area contributed by atoms with Gasteiger partial charge in [0.2, 0.25) is 17.7 Å².